The van der Waals surface area contributed by atoms with Crippen LogP contribution in [0.15, 0.2) is 88.8 Å². The number of hydrogen-bond acceptors (Lipinski definition) is 4. The minimum atomic E-state index is -0.774. The molecule has 7 heteroatoms. The lowest BCUT2D eigenvalue weighted by molar-refractivity contribution is -0.125. The molecule has 0 radical (unpaired) electrons. The van der Waals surface area contributed by atoms with Crippen molar-refractivity contribution < 1.29 is 9.59 Å². The first-order chi connectivity index (χ1) is 16.6. The zero-order valence-corrected chi connectivity index (χ0v) is 20.7. The lowest BCUT2D eigenvalue weighted by Gasteiger charge is -2.30. The van der Waals surface area contributed by atoms with Gasteiger partial charge in [0.15, 0.2) is 0 Å². The summed E-state index contributed by atoms with van der Waals surface area (Å²) >= 11 is 3.12. The van der Waals surface area contributed by atoms with Crippen LogP contribution in [0.4, 0.5) is 5.69 Å². The first-order valence-corrected chi connectivity index (χ1v) is 13.3. The molecule has 0 spiro atoms. The summed E-state index contributed by atoms with van der Waals surface area (Å²) in [6, 6.07) is 25.0. The number of amides is 2. The van der Waals surface area contributed by atoms with E-state index in [-0.39, 0.29) is 17.6 Å². The summed E-state index contributed by atoms with van der Waals surface area (Å²) in [5, 5.41) is 5.05. The summed E-state index contributed by atoms with van der Waals surface area (Å²) in [6.45, 7) is 0.399. The fourth-order valence-electron chi connectivity index (χ4n) is 4.49. The van der Waals surface area contributed by atoms with Crippen LogP contribution >= 0.6 is 23.5 Å². The minimum Gasteiger partial charge on any atom is -0.350 e. The number of nitrogens with zero attached hydrogens (tertiary/aromatic N) is 2. The Kier molecular flexibility index (Phi) is 6.39. The second kappa shape index (κ2) is 9.60. The maximum absolute atomic E-state index is 13.9. The van der Waals surface area contributed by atoms with Crippen LogP contribution in [0, 0.1) is 0 Å². The van der Waals surface area contributed by atoms with Crippen molar-refractivity contribution in [2.75, 3.05) is 16.9 Å². The zero-order chi connectivity index (χ0) is 23.7. The number of fused-ring (bicyclic) bond motifs is 3. The normalized spacial score (nSPS) is 15.8. The lowest BCUT2D eigenvalue weighted by Crippen LogP contribution is -2.43. The summed E-state index contributed by atoms with van der Waals surface area (Å²) in [4.78, 5) is 30.2. The van der Waals surface area contributed by atoms with Gasteiger partial charge in [0.2, 0.25) is 11.8 Å². The lowest BCUT2D eigenvalue weighted by atomic mass is 10.0. The zero-order valence-electron chi connectivity index (χ0n) is 19.0. The van der Waals surface area contributed by atoms with Crippen molar-refractivity contribution in [3.63, 3.8) is 0 Å². The molecule has 4 aromatic rings. The molecule has 5 nitrogen and oxygen atoms in total. The highest BCUT2D eigenvalue weighted by Gasteiger charge is 2.39. The van der Waals surface area contributed by atoms with Crippen molar-refractivity contribution in [1.82, 2.24) is 9.88 Å². The van der Waals surface area contributed by atoms with Crippen LogP contribution in [0.2, 0.25) is 0 Å². The Morgan fingerprint density at radius 1 is 1.06 bits per heavy atom. The van der Waals surface area contributed by atoms with Gasteiger partial charge in [-0.15, -0.1) is 11.8 Å². The van der Waals surface area contributed by atoms with E-state index in [0.29, 0.717) is 6.54 Å². The van der Waals surface area contributed by atoms with Gasteiger partial charge in [-0.25, -0.2) is 0 Å². The summed E-state index contributed by atoms with van der Waals surface area (Å²) in [7, 11) is 2.00. The quantitative estimate of drug-likeness (QED) is 0.383. The van der Waals surface area contributed by atoms with E-state index in [1.165, 1.54) is 11.8 Å². The monoisotopic (exact) mass is 487 g/mol. The third kappa shape index (κ3) is 4.10. The molecule has 0 saturated carbocycles. The van der Waals surface area contributed by atoms with Crippen molar-refractivity contribution in [3.8, 4) is 0 Å². The van der Waals surface area contributed by atoms with Crippen LogP contribution in [0.1, 0.15) is 17.2 Å². The molecular weight excluding hydrogens is 462 g/mol. The van der Waals surface area contributed by atoms with E-state index >= 15 is 0 Å². The smallest absolute Gasteiger partial charge is 0.248 e. The Balaban J connectivity index is 1.66. The number of carbonyl (C=O) groups is 2. The number of hydrogen-bond donors (Lipinski definition) is 1. The predicted octanol–water partition coefficient (Wildman–Crippen LogP) is 5.40. The van der Waals surface area contributed by atoms with Crippen molar-refractivity contribution >= 4 is 51.9 Å². The third-order valence-electron chi connectivity index (χ3n) is 6.11. The number of para-hydroxylation sites is 1. The van der Waals surface area contributed by atoms with Crippen LogP contribution in [-0.2, 0) is 23.2 Å². The van der Waals surface area contributed by atoms with Crippen LogP contribution < -0.4 is 10.2 Å². The van der Waals surface area contributed by atoms with Gasteiger partial charge in [0.25, 0.3) is 0 Å². The molecule has 2 amide bonds. The van der Waals surface area contributed by atoms with Gasteiger partial charge in [-0.3, -0.25) is 14.5 Å². The maximum Gasteiger partial charge on any atom is 0.248 e. The van der Waals surface area contributed by atoms with Gasteiger partial charge in [0.1, 0.15) is 6.04 Å². The Labute approximate surface area is 207 Å². The summed E-state index contributed by atoms with van der Waals surface area (Å²) in [5.74, 6) is -0.00129. The van der Waals surface area contributed by atoms with Crippen LogP contribution in [-0.4, -0.2) is 28.4 Å². The Hall–Kier alpha value is -3.16. The van der Waals surface area contributed by atoms with E-state index in [2.05, 4.69) is 16.0 Å². The molecule has 0 unspecified atom stereocenters. The third-order valence-corrected chi connectivity index (χ3v) is 8.00. The summed E-state index contributed by atoms with van der Waals surface area (Å²) in [6.07, 6.45) is 2.01. The van der Waals surface area contributed by atoms with Gasteiger partial charge >= 0.3 is 0 Å². The highest BCUT2D eigenvalue weighted by atomic mass is 32.2. The largest absolute Gasteiger partial charge is 0.350 e. The molecule has 0 fully saturated rings. The molecule has 2 heterocycles. The number of benzene rings is 3. The Morgan fingerprint density at radius 2 is 1.82 bits per heavy atom. The van der Waals surface area contributed by atoms with Crippen molar-refractivity contribution in [3.05, 3.63) is 90.0 Å². The van der Waals surface area contributed by atoms with E-state index in [1.54, 1.807) is 16.7 Å². The van der Waals surface area contributed by atoms with Crippen molar-refractivity contribution in [2.24, 2.45) is 7.05 Å². The molecular formula is C27H25N3O2S2. The number of anilines is 1. The standard InChI is InChI=1S/C27H25N3O2S2/c1-29-22-14-7-6-13-21(22)24-25(26(32)28-16-18-9-4-3-5-10-18)30(23(31)17-34-27(24)29)19-11-8-12-20(15-19)33-2/h3-15,25H,16-17H2,1-2H3,(H,28,32)/t25-/m1/s1. The SMILES string of the molecule is CSc1cccc(N2C(=O)CSc3c(c4ccccc4n3C)[C@@H]2C(=O)NCc2ccccc2)c1. The molecule has 0 aliphatic carbocycles. The Morgan fingerprint density at radius 3 is 2.62 bits per heavy atom. The van der Waals surface area contributed by atoms with Gasteiger partial charge in [-0.1, -0.05) is 66.4 Å². The van der Waals surface area contributed by atoms with Gasteiger partial charge in [-0.05, 0) is 36.1 Å². The molecule has 34 heavy (non-hydrogen) atoms. The molecule has 172 valence electrons. The van der Waals surface area contributed by atoms with Gasteiger partial charge < -0.3 is 9.88 Å². The highest BCUT2D eigenvalue weighted by Crippen LogP contribution is 2.43. The van der Waals surface area contributed by atoms with E-state index in [9.17, 15) is 9.59 Å². The van der Waals surface area contributed by atoms with Gasteiger partial charge in [0.05, 0.1) is 10.8 Å². The highest BCUT2D eigenvalue weighted by molar-refractivity contribution is 8.00. The summed E-state index contributed by atoms with van der Waals surface area (Å²) < 4.78 is 2.10. The van der Waals surface area contributed by atoms with Crippen LogP contribution in [0.3, 0.4) is 0 Å². The summed E-state index contributed by atoms with van der Waals surface area (Å²) in [5.41, 5.74) is 3.68. The van der Waals surface area contributed by atoms with Gasteiger partial charge in [0, 0.05) is 40.6 Å². The van der Waals surface area contributed by atoms with Crippen molar-refractivity contribution in [2.45, 2.75) is 22.5 Å². The average Bonchev–Trinajstić information content (AvgIpc) is 3.05. The fraction of sp³-hybridized carbons (Fsp3) is 0.185. The van der Waals surface area contributed by atoms with E-state index < -0.39 is 6.04 Å². The van der Waals surface area contributed by atoms with E-state index in [0.717, 1.165) is 37.6 Å². The van der Waals surface area contributed by atoms with E-state index in [1.807, 2.05) is 86.1 Å². The molecule has 5 rings (SSSR count). The van der Waals surface area contributed by atoms with E-state index in [4.69, 9.17) is 0 Å². The molecule has 3 aromatic carbocycles. The molecule has 1 aromatic heterocycles. The second-order valence-electron chi connectivity index (χ2n) is 8.15. The van der Waals surface area contributed by atoms with Crippen molar-refractivity contribution in [1.29, 1.82) is 0 Å². The van der Waals surface area contributed by atoms with Crippen LogP contribution in [0.25, 0.3) is 10.9 Å². The van der Waals surface area contributed by atoms with Gasteiger partial charge in [-0.2, -0.15) is 0 Å². The number of rotatable bonds is 5. The minimum absolute atomic E-state index is 0.0802. The number of aromatic nitrogens is 1. The number of nitrogens with one attached hydrogen (secondary N) is 1. The predicted molar refractivity (Wildman–Crippen MR) is 140 cm³/mol. The number of carbonyl (C=O) groups excluding carboxylic acids is 2. The molecule has 1 atom stereocenters. The fourth-order valence-corrected chi connectivity index (χ4v) is 6.02. The second-order valence-corrected chi connectivity index (χ2v) is 10.00. The average molecular weight is 488 g/mol. The first-order valence-electron chi connectivity index (χ1n) is 11.1. The molecule has 0 saturated heterocycles. The van der Waals surface area contributed by atoms with Crippen LogP contribution in [0.5, 0.6) is 0 Å². The number of thioether (sulfide) groups is 2. The Bertz CT molecular complexity index is 1370. The molecule has 1 aliphatic heterocycles. The number of aryl methyl sites for hydroxylation is 1. The maximum atomic E-state index is 13.9. The molecule has 1 aliphatic rings. The first kappa shape index (κ1) is 22.6. The molecule has 1 N–H and O–H groups in total. The molecule has 0 bridgehead atoms. The topological polar surface area (TPSA) is 54.3 Å².